The molecule has 138 valence electrons. The Kier molecular flexibility index (Phi) is 4.40. The van der Waals surface area contributed by atoms with Gasteiger partial charge in [0.15, 0.2) is 5.78 Å². The lowest BCUT2D eigenvalue weighted by Gasteiger charge is -2.23. The molecule has 1 atom stereocenters. The number of nitrogens with zero attached hydrogens (tertiary/aromatic N) is 2. The molecule has 1 aliphatic heterocycles. The van der Waals surface area contributed by atoms with Crippen LogP contribution in [0, 0.1) is 20.8 Å². The van der Waals surface area contributed by atoms with Crippen LogP contribution in [-0.4, -0.2) is 21.5 Å². The van der Waals surface area contributed by atoms with E-state index in [0.717, 1.165) is 28.1 Å². The highest BCUT2D eigenvalue weighted by Crippen LogP contribution is 2.39. The Bertz CT molecular complexity index is 1080. The second kappa shape index (κ2) is 6.62. The van der Waals surface area contributed by atoms with Crippen molar-refractivity contribution in [2.75, 3.05) is 5.32 Å². The number of aryl methyl sites for hydroxylation is 3. The number of fused-ring (bicyclic) bond motifs is 1. The zero-order chi connectivity index (χ0) is 19.3. The molecule has 2 aromatic heterocycles. The lowest BCUT2D eigenvalue weighted by molar-refractivity contribution is -0.116. The van der Waals surface area contributed by atoms with E-state index in [1.807, 2.05) is 32.9 Å². The SMILES string of the molecule is Cc1ccc(-n2nc(C)c3c2NC(=O)C[C@H]3C(=O)c2ccc(Cl)s2)c(C)c1. The highest BCUT2D eigenvalue weighted by molar-refractivity contribution is 7.18. The van der Waals surface area contributed by atoms with Crippen LogP contribution in [-0.2, 0) is 4.79 Å². The molecule has 1 aromatic carbocycles. The van der Waals surface area contributed by atoms with E-state index in [4.69, 9.17) is 11.6 Å². The number of nitrogens with one attached hydrogen (secondary N) is 1. The van der Waals surface area contributed by atoms with Crippen molar-refractivity contribution < 1.29 is 9.59 Å². The van der Waals surface area contributed by atoms with Crippen molar-refractivity contribution in [3.8, 4) is 5.69 Å². The van der Waals surface area contributed by atoms with Gasteiger partial charge in [0.25, 0.3) is 0 Å². The Hall–Kier alpha value is -2.44. The van der Waals surface area contributed by atoms with E-state index in [9.17, 15) is 9.59 Å². The predicted octanol–water partition coefficient (Wildman–Crippen LogP) is 4.82. The van der Waals surface area contributed by atoms with Gasteiger partial charge in [0.2, 0.25) is 5.91 Å². The largest absolute Gasteiger partial charge is 0.310 e. The van der Waals surface area contributed by atoms with E-state index < -0.39 is 5.92 Å². The third-order valence-electron chi connectivity index (χ3n) is 4.82. The van der Waals surface area contributed by atoms with Gasteiger partial charge in [-0.2, -0.15) is 5.10 Å². The molecule has 4 rings (SSSR count). The molecule has 7 heteroatoms. The van der Waals surface area contributed by atoms with E-state index >= 15 is 0 Å². The van der Waals surface area contributed by atoms with Gasteiger partial charge in [0.1, 0.15) is 5.82 Å². The summed E-state index contributed by atoms with van der Waals surface area (Å²) in [5.41, 5.74) is 4.61. The number of benzene rings is 1. The summed E-state index contributed by atoms with van der Waals surface area (Å²) in [5.74, 6) is -0.250. The number of rotatable bonds is 3. The zero-order valence-corrected chi connectivity index (χ0v) is 16.7. The minimum Gasteiger partial charge on any atom is -0.310 e. The first-order valence-corrected chi connectivity index (χ1v) is 9.81. The van der Waals surface area contributed by atoms with Gasteiger partial charge in [-0.05, 0) is 44.5 Å². The number of amides is 1. The minimum absolute atomic E-state index is 0.0914. The maximum absolute atomic E-state index is 13.1. The average Bonchev–Trinajstić information content (AvgIpc) is 3.17. The summed E-state index contributed by atoms with van der Waals surface area (Å²) in [7, 11) is 0. The highest BCUT2D eigenvalue weighted by Gasteiger charge is 2.36. The molecule has 0 aliphatic carbocycles. The molecule has 0 unspecified atom stereocenters. The first-order valence-electron chi connectivity index (χ1n) is 8.61. The molecule has 1 amide bonds. The van der Waals surface area contributed by atoms with E-state index in [1.165, 1.54) is 11.3 Å². The van der Waals surface area contributed by atoms with Crippen LogP contribution in [0.25, 0.3) is 5.69 Å². The molecule has 27 heavy (non-hydrogen) atoms. The number of aromatic nitrogens is 2. The van der Waals surface area contributed by atoms with Crippen LogP contribution in [0.4, 0.5) is 5.82 Å². The first-order chi connectivity index (χ1) is 12.8. The third kappa shape index (κ3) is 3.09. The van der Waals surface area contributed by atoms with E-state index in [-0.39, 0.29) is 18.1 Å². The Morgan fingerprint density at radius 2 is 2.04 bits per heavy atom. The van der Waals surface area contributed by atoms with Crippen LogP contribution in [0.1, 0.15) is 44.4 Å². The van der Waals surface area contributed by atoms with Crippen molar-refractivity contribution in [2.45, 2.75) is 33.1 Å². The monoisotopic (exact) mass is 399 g/mol. The van der Waals surface area contributed by atoms with E-state index in [1.54, 1.807) is 16.8 Å². The van der Waals surface area contributed by atoms with Gasteiger partial charge in [-0.15, -0.1) is 11.3 Å². The minimum atomic E-state index is -0.553. The highest BCUT2D eigenvalue weighted by atomic mass is 35.5. The number of Topliss-reactive ketones (excluding diaryl/α,β-unsaturated/α-hetero) is 1. The molecule has 1 aliphatic rings. The van der Waals surface area contributed by atoms with Crippen LogP contribution in [0.15, 0.2) is 30.3 Å². The van der Waals surface area contributed by atoms with Gasteiger partial charge in [-0.3, -0.25) is 9.59 Å². The van der Waals surface area contributed by atoms with Gasteiger partial charge < -0.3 is 5.32 Å². The molecule has 0 spiro atoms. The topological polar surface area (TPSA) is 64.0 Å². The Morgan fingerprint density at radius 1 is 1.26 bits per heavy atom. The number of anilines is 1. The van der Waals surface area contributed by atoms with Crippen LogP contribution in [0.5, 0.6) is 0 Å². The van der Waals surface area contributed by atoms with Gasteiger partial charge in [-0.25, -0.2) is 4.68 Å². The molecular weight excluding hydrogens is 382 g/mol. The van der Waals surface area contributed by atoms with Gasteiger partial charge in [0.05, 0.1) is 26.5 Å². The van der Waals surface area contributed by atoms with Crippen molar-refractivity contribution in [1.82, 2.24) is 9.78 Å². The number of carbonyl (C=O) groups excluding carboxylic acids is 2. The van der Waals surface area contributed by atoms with Crippen molar-refractivity contribution >= 4 is 40.4 Å². The molecule has 0 saturated heterocycles. The molecule has 0 saturated carbocycles. The number of hydrogen-bond donors (Lipinski definition) is 1. The van der Waals surface area contributed by atoms with Gasteiger partial charge >= 0.3 is 0 Å². The summed E-state index contributed by atoms with van der Waals surface area (Å²) in [4.78, 5) is 26.0. The van der Waals surface area contributed by atoms with Crippen LogP contribution in [0.2, 0.25) is 4.34 Å². The number of halogens is 1. The fourth-order valence-electron chi connectivity index (χ4n) is 3.61. The number of carbonyl (C=O) groups is 2. The third-order valence-corrected chi connectivity index (χ3v) is 6.06. The normalized spacial score (nSPS) is 16.1. The lowest BCUT2D eigenvalue weighted by Crippen LogP contribution is -2.28. The molecular formula is C20H18ClN3O2S. The fourth-order valence-corrected chi connectivity index (χ4v) is 4.64. The average molecular weight is 400 g/mol. The summed E-state index contributed by atoms with van der Waals surface area (Å²) in [6.45, 7) is 5.91. The van der Waals surface area contributed by atoms with Crippen LogP contribution < -0.4 is 5.32 Å². The smallest absolute Gasteiger partial charge is 0.226 e. The maximum Gasteiger partial charge on any atom is 0.226 e. The lowest BCUT2D eigenvalue weighted by atomic mass is 9.87. The van der Waals surface area contributed by atoms with E-state index in [2.05, 4.69) is 16.5 Å². The quantitative estimate of drug-likeness (QED) is 0.642. The Labute approximate surface area is 166 Å². The molecule has 3 heterocycles. The van der Waals surface area contributed by atoms with E-state index in [0.29, 0.717) is 15.0 Å². The van der Waals surface area contributed by atoms with Gasteiger partial charge in [0, 0.05) is 12.0 Å². The zero-order valence-electron chi connectivity index (χ0n) is 15.2. The summed E-state index contributed by atoms with van der Waals surface area (Å²) < 4.78 is 2.29. The number of ketones is 1. The van der Waals surface area contributed by atoms with Crippen molar-refractivity contribution in [3.05, 3.63) is 61.9 Å². The predicted molar refractivity (Wildman–Crippen MR) is 107 cm³/mol. The Balaban J connectivity index is 1.85. The van der Waals surface area contributed by atoms with Crippen molar-refractivity contribution in [1.29, 1.82) is 0 Å². The molecule has 3 aromatic rings. The van der Waals surface area contributed by atoms with Crippen molar-refractivity contribution in [3.63, 3.8) is 0 Å². The van der Waals surface area contributed by atoms with Crippen LogP contribution in [0.3, 0.4) is 0 Å². The number of thiophene rings is 1. The number of hydrogen-bond acceptors (Lipinski definition) is 4. The maximum atomic E-state index is 13.1. The molecule has 0 fully saturated rings. The summed E-state index contributed by atoms with van der Waals surface area (Å²) in [6, 6.07) is 9.47. The summed E-state index contributed by atoms with van der Waals surface area (Å²) >= 11 is 7.22. The fraction of sp³-hybridized carbons (Fsp3) is 0.250. The molecule has 0 radical (unpaired) electrons. The van der Waals surface area contributed by atoms with Gasteiger partial charge in [-0.1, -0.05) is 29.3 Å². The second-order valence-corrected chi connectivity index (χ2v) is 8.54. The first kappa shape index (κ1) is 17.9. The standard InChI is InChI=1S/C20H18ClN3O2S/c1-10-4-5-14(11(2)8-10)24-20-18(12(3)23-24)13(9-17(25)22-20)19(26)15-6-7-16(21)27-15/h4-8,13H,9H2,1-3H3,(H,22,25)/t13-/m1/s1. The molecule has 5 nitrogen and oxygen atoms in total. The summed E-state index contributed by atoms with van der Waals surface area (Å²) in [5, 5.41) is 7.56. The Morgan fingerprint density at radius 3 is 2.70 bits per heavy atom. The van der Waals surface area contributed by atoms with Crippen LogP contribution >= 0.6 is 22.9 Å². The summed E-state index contributed by atoms with van der Waals surface area (Å²) in [6.07, 6.45) is 0.112. The molecule has 1 N–H and O–H groups in total. The van der Waals surface area contributed by atoms with Crippen molar-refractivity contribution in [2.24, 2.45) is 0 Å². The molecule has 0 bridgehead atoms. The second-order valence-electron chi connectivity index (χ2n) is 6.82.